The summed E-state index contributed by atoms with van der Waals surface area (Å²) in [6, 6.07) is 11.5. The first kappa shape index (κ1) is 11.5. The average Bonchev–Trinajstić information content (AvgIpc) is 2.33. The molecule has 2 aromatic carbocycles. The van der Waals surface area contributed by atoms with E-state index >= 15 is 0 Å². The molecule has 0 amide bonds. The van der Waals surface area contributed by atoms with E-state index in [0.29, 0.717) is 5.75 Å². The van der Waals surface area contributed by atoms with Crippen molar-refractivity contribution in [3.8, 4) is 22.6 Å². The molecule has 88 valence electrons. The van der Waals surface area contributed by atoms with Crippen LogP contribution in [0.25, 0.3) is 11.1 Å². The lowest BCUT2D eigenvalue weighted by Crippen LogP contribution is -1.88. The highest BCUT2D eigenvalue weighted by molar-refractivity contribution is 5.74. The molecule has 2 rings (SSSR count). The number of hydrogen-bond acceptors (Lipinski definition) is 2. The summed E-state index contributed by atoms with van der Waals surface area (Å²) in [5.41, 5.74) is 4.10. The van der Waals surface area contributed by atoms with Crippen LogP contribution in [0, 0.1) is 13.8 Å². The lowest BCUT2D eigenvalue weighted by atomic mass is 9.98. The molecular weight excluding hydrogens is 212 g/mol. The Kier molecular flexibility index (Phi) is 3.05. The van der Waals surface area contributed by atoms with Gasteiger partial charge in [-0.1, -0.05) is 17.7 Å². The zero-order chi connectivity index (χ0) is 12.4. The van der Waals surface area contributed by atoms with Crippen molar-refractivity contribution in [3.05, 3.63) is 47.5 Å². The Morgan fingerprint density at radius 1 is 0.941 bits per heavy atom. The fourth-order valence-electron chi connectivity index (χ4n) is 1.88. The summed E-state index contributed by atoms with van der Waals surface area (Å²) < 4.78 is 5.22. The SMILES string of the molecule is COc1ccc(C)c(-c2cc(C)ccc2O)c1. The molecule has 0 spiro atoms. The summed E-state index contributed by atoms with van der Waals surface area (Å²) in [4.78, 5) is 0. The molecule has 0 saturated carbocycles. The minimum absolute atomic E-state index is 0.298. The molecule has 17 heavy (non-hydrogen) atoms. The van der Waals surface area contributed by atoms with Crippen molar-refractivity contribution >= 4 is 0 Å². The maximum atomic E-state index is 9.94. The van der Waals surface area contributed by atoms with Crippen molar-refractivity contribution in [3.63, 3.8) is 0 Å². The van der Waals surface area contributed by atoms with Gasteiger partial charge in [0.1, 0.15) is 11.5 Å². The van der Waals surface area contributed by atoms with Gasteiger partial charge in [-0.15, -0.1) is 0 Å². The van der Waals surface area contributed by atoms with Gasteiger partial charge in [0.05, 0.1) is 7.11 Å². The van der Waals surface area contributed by atoms with Crippen LogP contribution < -0.4 is 4.74 Å². The minimum atomic E-state index is 0.298. The monoisotopic (exact) mass is 228 g/mol. The van der Waals surface area contributed by atoms with Crippen LogP contribution in [0.15, 0.2) is 36.4 Å². The van der Waals surface area contributed by atoms with E-state index in [9.17, 15) is 5.11 Å². The Hall–Kier alpha value is -1.96. The van der Waals surface area contributed by atoms with Crippen molar-refractivity contribution in [1.29, 1.82) is 0 Å². The second kappa shape index (κ2) is 4.50. The van der Waals surface area contributed by atoms with Gasteiger partial charge in [0, 0.05) is 5.56 Å². The fraction of sp³-hybridized carbons (Fsp3) is 0.200. The predicted octanol–water partition coefficient (Wildman–Crippen LogP) is 3.68. The Balaban J connectivity index is 2.62. The second-order valence-corrected chi connectivity index (χ2v) is 4.20. The molecule has 0 unspecified atom stereocenters. The highest BCUT2D eigenvalue weighted by Gasteiger charge is 2.08. The van der Waals surface area contributed by atoms with Crippen LogP contribution in [0.4, 0.5) is 0 Å². The van der Waals surface area contributed by atoms with Gasteiger partial charge in [-0.2, -0.15) is 0 Å². The minimum Gasteiger partial charge on any atom is -0.507 e. The van der Waals surface area contributed by atoms with Crippen LogP contribution in [0.5, 0.6) is 11.5 Å². The van der Waals surface area contributed by atoms with E-state index in [1.165, 1.54) is 0 Å². The van der Waals surface area contributed by atoms with Gasteiger partial charge >= 0.3 is 0 Å². The van der Waals surface area contributed by atoms with Gasteiger partial charge in [0.15, 0.2) is 0 Å². The first-order valence-corrected chi connectivity index (χ1v) is 5.56. The number of aromatic hydroxyl groups is 1. The molecule has 0 aliphatic heterocycles. The van der Waals surface area contributed by atoms with Crippen molar-refractivity contribution in [2.45, 2.75) is 13.8 Å². The summed E-state index contributed by atoms with van der Waals surface area (Å²) in [7, 11) is 1.64. The first-order valence-electron chi connectivity index (χ1n) is 5.56. The Morgan fingerprint density at radius 2 is 1.71 bits per heavy atom. The van der Waals surface area contributed by atoms with Gasteiger partial charge in [0.25, 0.3) is 0 Å². The molecule has 0 aliphatic rings. The van der Waals surface area contributed by atoms with Crippen molar-refractivity contribution in [1.82, 2.24) is 0 Å². The van der Waals surface area contributed by atoms with E-state index in [0.717, 1.165) is 28.0 Å². The molecule has 0 aliphatic carbocycles. The lowest BCUT2D eigenvalue weighted by Gasteiger charge is -2.11. The van der Waals surface area contributed by atoms with Crippen LogP contribution in [0.1, 0.15) is 11.1 Å². The van der Waals surface area contributed by atoms with Crippen LogP contribution in [-0.4, -0.2) is 12.2 Å². The van der Waals surface area contributed by atoms with Crippen LogP contribution in [0.3, 0.4) is 0 Å². The summed E-state index contributed by atoms with van der Waals surface area (Å²) >= 11 is 0. The van der Waals surface area contributed by atoms with E-state index in [1.807, 2.05) is 44.2 Å². The number of rotatable bonds is 2. The molecule has 0 heterocycles. The summed E-state index contributed by atoms with van der Waals surface area (Å²) in [5.74, 6) is 1.10. The number of phenols is 1. The molecule has 0 atom stereocenters. The van der Waals surface area contributed by atoms with E-state index in [2.05, 4.69) is 0 Å². The van der Waals surface area contributed by atoms with E-state index in [1.54, 1.807) is 13.2 Å². The Morgan fingerprint density at radius 3 is 2.41 bits per heavy atom. The summed E-state index contributed by atoms with van der Waals surface area (Å²) in [6.45, 7) is 4.04. The topological polar surface area (TPSA) is 29.5 Å². The number of benzene rings is 2. The van der Waals surface area contributed by atoms with Crippen LogP contribution >= 0.6 is 0 Å². The van der Waals surface area contributed by atoms with Gasteiger partial charge in [-0.25, -0.2) is 0 Å². The smallest absolute Gasteiger partial charge is 0.123 e. The number of ether oxygens (including phenoxy) is 1. The van der Waals surface area contributed by atoms with E-state index < -0.39 is 0 Å². The van der Waals surface area contributed by atoms with Crippen molar-refractivity contribution in [2.24, 2.45) is 0 Å². The Labute approximate surface area is 101 Å². The normalized spacial score (nSPS) is 10.3. The fourth-order valence-corrected chi connectivity index (χ4v) is 1.88. The molecule has 0 bridgehead atoms. The van der Waals surface area contributed by atoms with E-state index in [-0.39, 0.29) is 0 Å². The maximum absolute atomic E-state index is 9.94. The van der Waals surface area contributed by atoms with Gasteiger partial charge in [-0.05, 0) is 49.2 Å². The third-order valence-corrected chi connectivity index (χ3v) is 2.89. The standard InChI is InChI=1S/C15H16O2/c1-10-4-7-15(16)14(8-10)13-9-12(17-3)6-5-11(13)2/h4-9,16H,1-3H3. The Bertz CT molecular complexity index is 545. The molecule has 2 aromatic rings. The number of methoxy groups -OCH3 is 1. The van der Waals surface area contributed by atoms with Gasteiger partial charge in [-0.3, -0.25) is 0 Å². The second-order valence-electron chi connectivity index (χ2n) is 4.20. The van der Waals surface area contributed by atoms with Gasteiger partial charge in [0.2, 0.25) is 0 Å². The van der Waals surface area contributed by atoms with E-state index in [4.69, 9.17) is 4.74 Å². The molecule has 0 radical (unpaired) electrons. The molecule has 0 aromatic heterocycles. The molecular formula is C15H16O2. The average molecular weight is 228 g/mol. The maximum Gasteiger partial charge on any atom is 0.123 e. The highest BCUT2D eigenvalue weighted by Crippen LogP contribution is 2.34. The zero-order valence-electron chi connectivity index (χ0n) is 10.3. The molecule has 0 fully saturated rings. The summed E-state index contributed by atoms with van der Waals surface area (Å²) in [5, 5.41) is 9.94. The number of aryl methyl sites for hydroxylation is 2. The largest absolute Gasteiger partial charge is 0.507 e. The van der Waals surface area contributed by atoms with Crippen LogP contribution in [0.2, 0.25) is 0 Å². The molecule has 0 saturated heterocycles. The zero-order valence-corrected chi connectivity index (χ0v) is 10.3. The summed E-state index contributed by atoms with van der Waals surface area (Å²) in [6.07, 6.45) is 0. The van der Waals surface area contributed by atoms with Crippen LogP contribution in [-0.2, 0) is 0 Å². The molecule has 2 nitrogen and oxygen atoms in total. The van der Waals surface area contributed by atoms with Crippen molar-refractivity contribution < 1.29 is 9.84 Å². The number of hydrogen-bond donors (Lipinski definition) is 1. The lowest BCUT2D eigenvalue weighted by molar-refractivity contribution is 0.415. The molecule has 2 heteroatoms. The quantitative estimate of drug-likeness (QED) is 0.849. The predicted molar refractivity (Wildman–Crippen MR) is 69.6 cm³/mol. The first-order chi connectivity index (χ1) is 8.11. The number of phenolic OH excluding ortho intramolecular Hbond substituents is 1. The van der Waals surface area contributed by atoms with Gasteiger partial charge < -0.3 is 9.84 Å². The molecule has 1 N–H and O–H groups in total. The highest BCUT2D eigenvalue weighted by atomic mass is 16.5. The third-order valence-electron chi connectivity index (χ3n) is 2.89. The van der Waals surface area contributed by atoms with Crippen molar-refractivity contribution in [2.75, 3.05) is 7.11 Å². The third kappa shape index (κ3) is 2.26.